The number of methoxy groups -OCH3 is 1. The molecule has 1 aromatic heterocycles. The van der Waals surface area contributed by atoms with Crippen molar-refractivity contribution in [3.8, 4) is 10.6 Å². The molecule has 1 saturated heterocycles. The summed E-state index contributed by atoms with van der Waals surface area (Å²) in [6.45, 7) is 2.03. The first-order valence-electron chi connectivity index (χ1n) is 8.71. The molecule has 1 atom stereocenters. The number of benzene rings is 1. The number of hydrogen-bond donors (Lipinski definition) is 0. The van der Waals surface area contributed by atoms with Gasteiger partial charge in [0.1, 0.15) is 5.01 Å². The molecular weight excluding hydrogens is 370 g/mol. The molecule has 2 aromatic rings. The minimum Gasteiger partial charge on any atom is -0.384 e. The highest BCUT2D eigenvalue weighted by molar-refractivity contribution is 7.86. The Bertz CT molecular complexity index is 806. The van der Waals surface area contributed by atoms with Crippen molar-refractivity contribution in [1.29, 1.82) is 0 Å². The van der Waals surface area contributed by atoms with E-state index in [1.807, 2.05) is 30.3 Å². The first kappa shape index (κ1) is 19.4. The Labute approximate surface area is 159 Å². The van der Waals surface area contributed by atoms with Crippen LogP contribution in [0.25, 0.3) is 10.6 Å². The van der Waals surface area contributed by atoms with E-state index in [-0.39, 0.29) is 5.92 Å². The van der Waals surface area contributed by atoms with Gasteiger partial charge in [-0.2, -0.15) is 17.0 Å². The van der Waals surface area contributed by atoms with Gasteiger partial charge in [-0.05, 0) is 18.8 Å². The zero-order valence-electron chi connectivity index (χ0n) is 15.2. The monoisotopic (exact) mass is 395 g/mol. The van der Waals surface area contributed by atoms with Gasteiger partial charge in [-0.3, -0.25) is 0 Å². The minimum absolute atomic E-state index is 0.269. The number of nitrogens with zero attached hydrogens (tertiary/aromatic N) is 3. The average molecular weight is 396 g/mol. The number of piperidine rings is 1. The molecule has 3 rings (SSSR count). The van der Waals surface area contributed by atoms with Gasteiger partial charge in [0.25, 0.3) is 10.2 Å². The van der Waals surface area contributed by atoms with E-state index in [2.05, 4.69) is 4.98 Å². The maximum absolute atomic E-state index is 12.9. The predicted molar refractivity (Wildman–Crippen MR) is 104 cm³/mol. The van der Waals surface area contributed by atoms with E-state index in [4.69, 9.17) is 4.74 Å². The summed E-state index contributed by atoms with van der Waals surface area (Å²) in [4.78, 5) is 5.37. The first-order valence-corrected chi connectivity index (χ1v) is 10.9. The Hall–Kier alpha value is -1.32. The smallest absolute Gasteiger partial charge is 0.282 e. The van der Waals surface area contributed by atoms with E-state index in [0.29, 0.717) is 26.2 Å². The second kappa shape index (κ2) is 8.58. The van der Waals surface area contributed by atoms with Crippen LogP contribution >= 0.6 is 11.3 Å². The van der Waals surface area contributed by atoms with Gasteiger partial charge in [0.2, 0.25) is 0 Å². The first-order chi connectivity index (χ1) is 12.5. The fourth-order valence-corrected chi connectivity index (χ4v) is 5.71. The van der Waals surface area contributed by atoms with Gasteiger partial charge in [0, 0.05) is 43.9 Å². The number of rotatable bonds is 7. The molecule has 0 spiro atoms. The van der Waals surface area contributed by atoms with Gasteiger partial charge in [0.05, 0.1) is 13.2 Å². The molecule has 1 fully saturated rings. The van der Waals surface area contributed by atoms with Crippen LogP contribution in [0.3, 0.4) is 0 Å². The van der Waals surface area contributed by atoms with E-state index in [1.165, 1.54) is 15.6 Å². The lowest BCUT2D eigenvalue weighted by Gasteiger charge is -2.34. The molecule has 6 nitrogen and oxygen atoms in total. The normalized spacial score (nSPS) is 19.1. The van der Waals surface area contributed by atoms with Gasteiger partial charge in [0.15, 0.2) is 0 Å². The Morgan fingerprint density at radius 2 is 2.12 bits per heavy atom. The van der Waals surface area contributed by atoms with Crippen molar-refractivity contribution in [3.05, 3.63) is 41.4 Å². The van der Waals surface area contributed by atoms with Gasteiger partial charge in [-0.25, -0.2) is 4.98 Å². The molecule has 1 aromatic carbocycles. The molecule has 8 heteroatoms. The largest absolute Gasteiger partial charge is 0.384 e. The van der Waals surface area contributed by atoms with Gasteiger partial charge < -0.3 is 4.74 Å². The summed E-state index contributed by atoms with van der Waals surface area (Å²) in [5, 5.41) is 0.907. The quantitative estimate of drug-likeness (QED) is 0.723. The fourth-order valence-electron chi connectivity index (χ4n) is 3.20. The summed E-state index contributed by atoms with van der Waals surface area (Å²) in [5.41, 5.74) is 1.05. The molecule has 0 amide bonds. The van der Waals surface area contributed by atoms with Crippen LogP contribution in [-0.4, -0.2) is 55.9 Å². The van der Waals surface area contributed by atoms with E-state index < -0.39 is 10.2 Å². The van der Waals surface area contributed by atoms with Crippen LogP contribution in [0, 0.1) is 5.92 Å². The number of aromatic nitrogens is 1. The van der Waals surface area contributed by atoms with E-state index in [9.17, 15) is 8.42 Å². The van der Waals surface area contributed by atoms with Crippen LogP contribution in [-0.2, 0) is 21.5 Å². The summed E-state index contributed by atoms with van der Waals surface area (Å²) in [6, 6.07) is 9.92. The van der Waals surface area contributed by atoms with Crippen LogP contribution < -0.4 is 0 Å². The molecule has 0 radical (unpaired) electrons. The maximum Gasteiger partial charge on any atom is 0.282 e. The van der Waals surface area contributed by atoms with Crippen molar-refractivity contribution in [1.82, 2.24) is 13.6 Å². The topological polar surface area (TPSA) is 62.7 Å². The zero-order valence-corrected chi connectivity index (χ0v) is 16.8. The maximum atomic E-state index is 12.9. The van der Waals surface area contributed by atoms with Crippen LogP contribution in [0.4, 0.5) is 0 Å². The fraction of sp³-hybridized carbons (Fsp3) is 0.500. The third kappa shape index (κ3) is 4.50. The molecule has 1 unspecified atom stereocenters. The standard InChI is InChI=1S/C18H25N3O3S2/c1-20(26(22,23)21-10-6-7-15(12-21)14-24-2)13-17-11-19-18(25-17)16-8-4-3-5-9-16/h3-5,8-9,11,15H,6-7,10,12-14H2,1-2H3. The van der Waals surface area contributed by atoms with Crippen LogP contribution in [0.15, 0.2) is 36.5 Å². The van der Waals surface area contributed by atoms with Crippen molar-refractivity contribution in [2.45, 2.75) is 19.4 Å². The van der Waals surface area contributed by atoms with Crippen LogP contribution in [0.5, 0.6) is 0 Å². The zero-order chi connectivity index (χ0) is 18.6. The molecule has 142 valence electrons. The molecule has 1 aliphatic heterocycles. The molecular formula is C18H25N3O3S2. The molecule has 26 heavy (non-hydrogen) atoms. The van der Waals surface area contributed by atoms with Crippen molar-refractivity contribution in [2.24, 2.45) is 5.92 Å². The highest BCUT2D eigenvalue weighted by atomic mass is 32.2. The van der Waals surface area contributed by atoms with E-state index in [0.717, 1.165) is 28.3 Å². The second-order valence-corrected chi connectivity index (χ2v) is 9.73. The molecule has 2 heterocycles. The van der Waals surface area contributed by atoms with Gasteiger partial charge in [-0.1, -0.05) is 30.3 Å². The molecule has 0 saturated carbocycles. The second-order valence-electron chi connectivity index (χ2n) is 6.58. The summed E-state index contributed by atoms with van der Waals surface area (Å²) in [6.07, 6.45) is 3.65. The summed E-state index contributed by atoms with van der Waals surface area (Å²) < 4.78 is 34.0. The predicted octanol–water partition coefficient (Wildman–Crippen LogP) is 2.85. The minimum atomic E-state index is -3.48. The average Bonchev–Trinajstić information content (AvgIpc) is 3.11. The highest BCUT2D eigenvalue weighted by Crippen LogP contribution is 2.27. The van der Waals surface area contributed by atoms with Crippen molar-refractivity contribution < 1.29 is 13.2 Å². The van der Waals surface area contributed by atoms with E-state index >= 15 is 0 Å². The third-order valence-electron chi connectivity index (χ3n) is 4.56. The Morgan fingerprint density at radius 1 is 1.35 bits per heavy atom. The third-order valence-corrected chi connectivity index (χ3v) is 7.49. The van der Waals surface area contributed by atoms with Crippen molar-refractivity contribution in [3.63, 3.8) is 0 Å². The summed E-state index contributed by atoms with van der Waals surface area (Å²) in [5.74, 6) is 0.269. The van der Waals surface area contributed by atoms with Gasteiger partial charge in [-0.15, -0.1) is 11.3 Å². The Balaban J connectivity index is 1.67. The summed E-state index contributed by atoms with van der Waals surface area (Å²) >= 11 is 1.53. The van der Waals surface area contributed by atoms with Crippen LogP contribution in [0.1, 0.15) is 17.7 Å². The Morgan fingerprint density at radius 3 is 2.85 bits per heavy atom. The van der Waals surface area contributed by atoms with E-state index in [1.54, 1.807) is 24.7 Å². The lowest BCUT2D eigenvalue weighted by Crippen LogP contribution is -2.47. The number of thiazole rings is 1. The molecule has 0 aliphatic carbocycles. The lowest BCUT2D eigenvalue weighted by atomic mass is 10.0. The summed E-state index contributed by atoms with van der Waals surface area (Å²) in [7, 11) is -0.180. The van der Waals surface area contributed by atoms with Gasteiger partial charge >= 0.3 is 0 Å². The molecule has 0 N–H and O–H groups in total. The number of ether oxygens (including phenoxy) is 1. The SMILES string of the molecule is COCC1CCCN(S(=O)(=O)N(C)Cc2cnc(-c3ccccc3)s2)C1. The van der Waals surface area contributed by atoms with Crippen LogP contribution in [0.2, 0.25) is 0 Å². The molecule has 0 bridgehead atoms. The highest BCUT2D eigenvalue weighted by Gasteiger charge is 2.32. The van der Waals surface area contributed by atoms with Crippen molar-refractivity contribution >= 4 is 21.5 Å². The Kier molecular flexibility index (Phi) is 6.42. The lowest BCUT2D eigenvalue weighted by molar-refractivity contribution is 0.116. The molecule has 1 aliphatic rings. The number of hydrogen-bond acceptors (Lipinski definition) is 5. The van der Waals surface area contributed by atoms with Crippen molar-refractivity contribution in [2.75, 3.05) is 33.9 Å².